The molecule has 0 spiro atoms. The van der Waals surface area contributed by atoms with Crippen molar-refractivity contribution in [1.82, 2.24) is 0 Å². The molecule has 0 aliphatic rings. The van der Waals surface area contributed by atoms with Crippen molar-refractivity contribution >= 4 is 72.6 Å². The zero-order chi connectivity index (χ0) is 25.8. The van der Waals surface area contributed by atoms with Gasteiger partial charge in [-0.3, -0.25) is 14.9 Å². The molecule has 0 saturated heterocycles. The van der Waals surface area contributed by atoms with Crippen molar-refractivity contribution < 1.29 is 22.3 Å². The Kier molecular flexibility index (Phi) is 8.14. The van der Waals surface area contributed by atoms with E-state index in [9.17, 15) is 28.6 Å². The number of nitro groups is 1. The van der Waals surface area contributed by atoms with Gasteiger partial charge in [0.05, 0.1) is 25.1 Å². The van der Waals surface area contributed by atoms with Gasteiger partial charge in [-0.25, -0.2) is 0 Å². The Hall–Kier alpha value is -3.43. The quantitative estimate of drug-likeness (QED) is 0.116. The van der Waals surface area contributed by atoms with Gasteiger partial charge in [0.1, 0.15) is 16.5 Å². The standard InChI is InChI=1S/C22H12BrCl2N3O6S/c23-17-11-13(10-14(12-26)22(29)27-19-3-1-2-18(24)21(19)25)4-9-20(17)34-35(32,33)16-7-5-15(6-8-16)28(30)31/h1-11H,(H,27,29)/b14-10+. The summed E-state index contributed by atoms with van der Waals surface area (Å²) in [5.74, 6) is -0.803. The fraction of sp³-hybridized carbons (Fsp3) is 0. The predicted octanol–water partition coefficient (Wildman–Crippen LogP) is 5.98. The van der Waals surface area contributed by atoms with Gasteiger partial charge in [0.2, 0.25) is 0 Å². The lowest BCUT2D eigenvalue weighted by molar-refractivity contribution is -0.384. The minimum absolute atomic E-state index is 0.0748. The maximum absolute atomic E-state index is 12.5. The van der Waals surface area contributed by atoms with Crippen LogP contribution in [0.15, 0.2) is 75.6 Å². The van der Waals surface area contributed by atoms with Gasteiger partial charge in [-0.05, 0) is 64.0 Å². The number of nitriles is 1. The summed E-state index contributed by atoms with van der Waals surface area (Å²) in [5.41, 5.74) is 0.101. The molecule has 3 aromatic carbocycles. The third-order valence-electron chi connectivity index (χ3n) is 4.37. The molecule has 35 heavy (non-hydrogen) atoms. The Morgan fingerprint density at radius 3 is 2.43 bits per heavy atom. The molecule has 178 valence electrons. The Morgan fingerprint density at radius 2 is 1.83 bits per heavy atom. The summed E-state index contributed by atoms with van der Waals surface area (Å²) in [6.45, 7) is 0. The van der Waals surface area contributed by atoms with E-state index in [1.54, 1.807) is 18.2 Å². The number of hydrogen-bond donors (Lipinski definition) is 1. The highest BCUT2D eigenvalue weighted by Crippen LogP contribution is 2.31. The van der Waals surface area contributed by atoms with E-state index in [4.69, 9.17) is 27.4 Å². The molecule has 0 atom stereocenters. The van der Waals surface area contributed by atoms with E-state index in [2.05, 4.69) is 21.2 Å². The van der Waals surface area contributed by atoms with Crippen LogP contribution in [0.25, 0.3) is 6.08 Å². The molecule has 0 unspecified atom stereocenters. The summed E-state index contributed by atoms with van der Waals surface area (Å²) in [6, 6.07) is 14.8. The largest absolute Gasteiger partial charge is 0.378 e. The van der Waals surface area contributed by atoms with Gasteiger partial charge in [0.25, 0.3) is 11.6 Å². The third-order valence-corrected chi connectivity index (χ3v) is 7.05. The van der Waals surface area contributed by atoms with Crippen molar-refractivity contribution in [2.45, 2.75) is 4.90 Å². The molecule has 13 heteroatoms. The first-order chi connectivity index (χ1) is 16.5. The number of benzene rings is 3. The van der Waals surface area contributed by atoms with Gasteiger partial charge in [-0.1, -0.05) is 35.3 Å². The molecule has 3 rings (SSSR count). The van der Waals surface area contributed by atoms with E-state index in [1.165, 1.54) is 30.3 Å². The molecular formula is C22H12BrCl2N3O6S. The van der Waals surface area contributed by atoms with Crippen LogP contribution in [0.1, 0.15) is 5.56 Å². The van der Waals surface area contributed by atoms with Gasteiger partial charge in [-0.2, -0.15) is 13.7 Å². The van der Waals surface area contributed by atoms with Crippen LogP contribution in [0.4, 0.5) is 11.4 Å². The van der Waals surface area contributed by atoms with E-state index in [1.807, 2.05) is 0 Å². The number of non-ortho nitro benzene ring substituents is 1. The summed E-state index contributed by atoms with van der Waals surface area (Å²) in [4.78, 5) is 22.3. The number of rotatable bonds is 7. The number of nitrogens with one attached hydrogen (secondary N) is 1. The molecule has 0 bridgehead atoms. The molecule has 3 aromatic rings. The summed E-state index contributed by atoms with van der Waals surface area (Å²) in [7, 11) is -4.28. The summed E-state index contributed by atoms with van der Waals surface area (Å²) >= 11 is 15.2. The number of carbonyl (C=O) groups excluding carboxylic acids is 1. The monoisotopic (exact) mass is 595 g/mol. The van der Waals surface area contributed by atoms with E-state index in [-0.39, 0.29) is 42.1 Å². The highest BCUT2D eigenvalue weighted by atomic mass is 79.9. The summed E-state index contributed by atoms with van der Waals surface area (Å²) in [5, 5.41) is 23.0. The van der Waals surface area contributed by atoms with Crippen LogP contribution in [0, 0.1) is 21.4 Å². The second-order valence-electron chi connectivity index (χ2n) is 6.70. The van der Waals surface area contributed by atoms with Crippen molar-refractivity contribution in [2.24, 2.45) is 0 Å². The van der Waals surface area contributed by atoms with Gasteiger partial charge >= 0.3 is 10.1 Å². The minimum Gasteiger partial charge on any atom is -0.378 e. The first-order valence-corrected chi connectivity index (χ1v) is 12.3. The van der Waals surface area contributed by atoms with Crippen LogP contribution >= 0.6 is 39.1 Å². The molecular weight excluding hydrogens is 585 g/mol. The smallest absolute Gasteiger partial charge is 0.339 e. The van der Waals surface area contributed by atoms with Crippen LogP contribution in [-0.4, -0.2) is 19.2 Å². The van der Waals surface area contributed by atoms with E-state index >= 15 is 0 Å². The van der Waals surface area contributed by atoms with Crippen molar-refractivity contribution in [2.75, 3.05) is 5.32 Å². The molecule has 0 aromatic heterocycles. The number of hydrogen-bond acceptors (Lipinski definition) is 7. The SMILES string of the molecule is N#C/C(=C\c1ccc(OS(=O)(=O)c2ccc([N+](=O)[O-])cc2)c(Br)c1)C(=O)Nc1cccc(Cl)c1Cl. The maximum atomic E-state index is 12.5. The molecule has 0 aliphatic carbocycles. The van der Waals surface area contributed by atoms with E-state index in [0.717, 1.165) is 24.3 Å². The fourth-order valence-electron chi connectivity index (χ4n) is 2.68. The van der Waals surface area contributed by atoms with Crippen LogP contribution < -0.4 is 9.50 Å². The highest BCUT2D eigenvalue weighted by molar-refractivity contribution is 9.10. The maximum Gasteiger partial charge on any atom is 0.339 e. The number of nitro benzene ring substituents is 1. The zero-order valence-corrected chi connectivity index (χ0v) is 21.2. The number of carbonyl (C=O) groups is 1. The Balaban J connectivity index is 1.80. The Labute approximate surface area is 217 Å². The van der Waals surface area contributed by atoms with E-state index < -0.39 is 20.9 Å². The topological polar surface area (TPSA) is 139 Å². The first-order valence-electron chi connectivity index (χ1n) is 9.37. The lowest BCUT2D eigenvalue weighted by atomic mass is 10.1. The van der Waals surface area contributed by atoms with E-state index in [0.29, 0.717) is 5.56 Å². The fourth-order valence-corrected chi connectivity index (χ4v) is 4.56. The average molecular weight is 597 g/mol. The number of anilines is 1. The molecule has 0 saturated carbocycles. The second-order valence-corrected chi connectivity index (χ2v) is 9.89. The van der Waals surface area contributed by atoms with Gasteiger partial charge in [-0.15, -0.1) is 0 Å². The summed E-state index contributed by atoms with van der Waals surface area (Å²) in [6.07, 6.45) is 1.28. The number of halogens is 3. The second kappa shape index (κ2) is 10.9. The van der Waals surface area contributed by atoms with Crippen molar-refractivity contribution in [3.05, 3.63) is 96.4 Å². The average Bonchev–Trinajstić information content (AvgIpc) is 2.82. The van der Waals surface area contributed by atoms with Gasteiger partial charge < -0.3 is 9.50 Å². The molecule has 9 nitrogen and oxygen atoms in total. The molecule has 1 amide bonds. The van der Waals surface area contributed by atoms with Gasteiger partial charge in [0.15, 0.2) is 5.75 Å². The minimum atomic E-state index is -4.28. The Morgan fingerprint density at radius 1 is 1.14 bits per heavy atom. The molecule has 1 N–H and O–H groups in total. The van der Waals surface area contributed by atoms with Crippen LogP contribution in [0.5, 0.6) is 5.75 Å². The van der Waals surface area contributed by atoms with Crippen molar-refractivity contribution in [1.29, 1.82) is 5.26 Å². The Bertz CT molecular complexity index is 1500. The normalized spacial score (nSPS) is 11.4. The van der Waals surface area contributed by atoms with Crippen LogP contribution in [0.2, 0.25) is 10.0 Å². The van der Waals surface area contributed by atoms with Crippen LogP contribution in [0.3, 0.4) is 0 Å². The molecule has 0 fully saturated rings. The third kappa shape index (κ3) is 6.37. The first kappa shape index (κ1) is 26.2. The molecule has 0 aliphatic heterocycles. The lowest BCUT2D eigenvalue weighted by Gasteiger charge is -2.10. The summed E-state index contributed by atoms with van der Waals surface area (Å²) < 4.78 is 30.4. The number of amides is 1. The van der Waals surface area contributed by atoms with Gasteiger partial charge in [0, 0.05) is 12.1 Å². The lowest BCUT2D eigenvalue weighted by Crippen LogP contribution is -2.13. The van der Waals surface area contributed by atoms with Crippen LogP contribution in [-0.2, 0) is 14.9 Å². The molecule has 0 radical (unpaired) electrons. The predicted molar refractivity (Wildman–Crippen MR) is 134 cm³/mol. The zero-order valence-electron chi connectivity index (χ0n) is 17.2. The highest BCUT2D eigenvalue weighted by Gasteiger charge is 2.20. The van der Waals surface area contributed by atoms with Crippen molar-refractivity contribution in [3.63, 3.8) is 0 Å². The molecule has 0 heterocycles. The van der Waals surface area contributed by atoms with Crippen molar-refractivity contribution in [3.8, 4) is 11.8 Å². The number of nitrogens with zero attached hydrogens (tertiary/aromatic N) is 2.